The van der Waals surface area contributed by atoms with Crippen molar-refractivity contribution in [2.75, 3.05) is 0 Å². The van der Waals surface area contributed by atoms with Crippen LogP contribution in [0, 0.1) is 0 Å². The van der Waals surface area contributed by atoms with Crippen LogP contribution in [-0.4, -0.2) is 15.8 Å². The summed E-state index contributed by atoms with van der Waals surface area (Å²) in [7, 11) is 0. The molecular formula is C27H20N2O. The molecule has 4 aromatic carbocycles. The van der Waals surface area contributed by atoms with E-state index in [0.717, 1.165) is 49.6 Å². The third kappa shape index (κ3) is 2.56. The van der Waals surface area contributed by atoms with Gasteiger partial charge in [-0.15, -0.1) is 0 Å². The third-order valence-corrected chi connectivity index (χ3v) is 6.05. The van der Waals surface area contributed by atoms with Crippen LogP contribution in [0.1, 0.15) is 21.5 Å². The van der Waals surface area contributed by atoms with Gasteiger partial charge in [-0.1, -0.05) is 78.9 Å². The minimum Gasteiger partial charge on any atom is -0.354 e. The maximum absolute atomic E-state index is 13.7. The van der Waals surface area contributed by atoms with Crippen molar-refractivity contribution in [1.82, 2.24) is 9.88 Å². The molecule has 1 N–H and O–H groups in total. The molecule has 0 bridgehead atoms. The fraction of sp³-hybridized carbons (Fsp3) is 0.0741. The van der Waals surface area contributed by atoms with E-state index in [9.17, 15) is 4.79 Å². The lowest BCUT2D eigenvalue weighted by Gasteiger charge is -2.15. The van der Waals surface area contributed by atoms with Crippen LogP contribution in [0.3, 0.4) is 0 Å². The monoisotopic (exact) mass is 388 g/mol. The van der Waals surface area contributed by atoms with E-state index in [1.165, 1.54) is 0 Å². The van der Waals surface area contributed by atoms with Crippen molar-refractivity contribution < 1.29 is 4.79 Å². The molecule has 2 heterocycles. The zero-order valence-corrected chi connectivity index (χ0v) is 16.4. The average molecular weight is 388 g/mol. The first-order valence-corrected chi connectivity index (χ1v) is 10.2. The number of hydrogen-bond donors (Lipinski definition) is 1. The van der Waals surface area contributed by atoms with Crippen LogP contribution in [0.25, 0.3) is 32.9 Å². The molecule has 1 aliphatic heterocycles. The Bertz CT molecular complexity index is 1400. The SMILES string of the molecule is O=C1c2c(c(-c3ccccc3)cc3[nH]c4ccccc4c23)CN1Cc1ccccc1. The first-order valence-electron chi connectivity index (χ1n) is 10.2. The standard InChI is InChI=1S/C27H20N2O/c30-27-26-22(17-29(27)16-18-9-3-1-4-10-18)21(19-11-5-2-6-12-19)15-24-25(26)20-13-7-8-14-23(20)28-24/h1-15,28H,16-17H2. The second-order valence-corrected chi connectivity index (χ2v) is 7.88. The molecule has 0 unspecified atom stereocenters. The largest absolute Gasteiger partial charge is 0.354 e. The normalized spacial score (nSPS) is 13.3. The molecule has 0 fully saturated rings. The number of para-hydroxylation sites is 1. The number of nitrogens with zero attached hydrogens (tertiary/aromatic N) is 1. The molecule has 0 radical (unpaired) electrons. The van der Waals surface area contributed by atoms with Crippen molar-refractivity contribution in [3.05, 3.63) is 108 Å². The lowest BCUT2D eigenvalue weighted by Crippen LogP contribution is -2.23. The van der Waals surface area contributed by atoms with Gasteiger partial charge in [-0.3, -0.25) is 4.79 Å². The molecule has 0 atom stereocenters. The number of carbonyl (C=O) groups is 1. The summed E-state index contributed by atoms with van der Waals surface area (Å²) in [5, 5.41) is 2.15. The van der Waals surface area contributed by atoms with E-state index < -0.39 is 0 Å². The predicted molar refractivity (Wildman–Crippen MR) is 121 cm³/mol. The van der Waals surface area contributed by atoms with Crippen molar-refractivity contribution in [2.24, 2.45) is 0 Å². The molecule has 3 nitrogen and oxygen atoms in total. The summed E-state index contributed by atoms with van der Waals surface area (Å²) < 4.78 is 0. The van der Waals surface area contributed by atoms with E-state index in [0.29, 0.717) is 13.1 Å². The highest BCUT2D eigenvalue weighted by Gasteiger charge is 2.33. The van der Waals surface area contributed by atoms with Crippen LogP contribution in [0.4, 0.5) is 0 Å². The Morgan fingerprint density at radius 1 is 0.800 bits per heavy atom. The predicted octanol–water partition coefficient (Wildman–Crippen LogP) is 6.14. The number of fused-ring (bicyclic) bond motifs is 5. The van der Waals surface area contributed by atoms with E-state index in [2.05, 4.69) is 59.6 Å². The Labute approximate surface area is 174 Å². The number of amides is 1. The first kappa shape index (κ1) is 17.0. The molecule has 1 amide bonds. The molecule has 0 saturated heterocycles. The number of hydrogen-bond acceptors (Lipinski definition) is 1. The van der Waals surface area contributed by atoms with Gasteiger partial charge in [0, 0.05) is 34.9 Å². The second-order valence-electron chi connectivity index (χ2n) is 7.88. The Balaban J connectivity index is 1.59. The second kappa shape index (κ2) is 6.60. The number of benzene rings is 4. The van der Waals surface area contributed by atoms with Crippen molar-refractivity contribution in [2.45, 2.75) is 13.1 Å². The van der Waals surface area contributed by atoms with Gasteiger partial charge in [0.15, 0.2) is 0 Å². The van der Waals surface area contributed by atoms with Crippen molar-refractivity contribution in [3.8, 4) is 11.1 Å². The number of rotatable bonds is 3. The minimum atomic E-state index is 0.112. The summed E-state index contributed by atoms with van der Waals surface area (Å²) >= 11 is 0. The quantitative estimate of drug-likeness (QED) is 0.396. The highest BCUT2D eigenvalue weighted by atomic mass is 16.2. The Morgan fingerprint density at radius 3 is 2.30 bits per heavy atom. The zero-order valence-electron chi connectivity index (χ0n) is 16.4. The maximum Gasteiger partial charge on any atom is 0.255 e. The molecule has 1 aliphatic rings. The van der Waals surface area contributed by atoms with E-state index in [1.807, 2.05) is 41.3 Å². The highest BCUT2D eigenvalue weighted by molar-refractivity contribution is 6.21. The van der Waals surface area contributed by atoms with Gasteiger partial charge in [0.2, 0.25) is 0 Å². The molecule has 3 heteroatoms. The van der Waals surface area contributed by atoms with Gasteiger partial charge >= 0.3 is 0 Å². The fourth-order valence-corrected chi connectivity index (χ4v) is 4.69. The number of aromatic amines is 1. The zero-order chi connectivity index (χ0) is 20.1. The molecule has 144 valence electrons. The van der Waals surface area contributed by atoms with Crippen molar-refractivity contribution in [3.63, 3.8) is 0 Å². The van der Waals surface area contributed by atoms with Gasteiger partial charge < -0.3 is 9.88 Å². The number of H-pyrrole nitrogens is 1. The van der Waals surface area contributed by atoms with Crippen LogP contribution in [0.2, 0.25) is 0 Å². The van der Waals surface area contributed by atoms with E-state index >= 15 is 0 Å². The van der Waals surface area contributed by atoms with Crippen LogP contribution in [-0.2, 0) is 13.1 Å². The molecule has 0 spiro atoms. The first-order chi connectivity index (χ1) is 14.8. The van der Waals surface area contributed by atoms with Gasteiger partial charge in [-0.2, -0.15) is 0 Å². The Hall–Kier alpha value is -3.85. The van der Waals surface area contributed by atoms with Crippen molar-refractivity contribution in [1.29, 1.82) is 0 Å². The van der Waals surface area contributed by atoms with Gasteiger partial charge in [0.05, 0.1) is 5.56 Å². The molecule has 1 aromatic heterocycles. The summed E-state index contributed by atoms with van der Waals surface area (Å²) in [5.41, 5.74) is 7.48. The molecule has 5 aromatic rings. The molecule has 6 rings (SSSR count). The molecule has 0 saturated carbocycles. The summed E-state index contributed by atoms with van der Waals surface area (Å²) in [6.45, 7) is 1.25. The summed E-state index contributed by atoms with van der Waals surface area (Å²) in [6, 6.07) is 31.0. The van der Waals surface area contributed by atoms with E-state index in [1.54, 1.807) is 0 Å². The maximum atomic E-state index is 13.7. The lowest BCUT2D eigenvalue weighted by atomic mass is 9.93. The third-order valence-electron chi connectivity index (χ3n) is 6.05. The summed E-state index contributed by atoms with van der Waals surface area (Å²) in [6.07, 6.45) is 0. The van der Waals surface area contributed by atoms with Crippen LogP contribution >= 0.6 is 0 Å². The number of carbonyl (C=O) groups excluding carboxylic acids is 1. The van der Waals surface area contributed by atoms with Gasteiger partial charge in [-0.25, -0.2) is 0 Å². The number of nitrogens with one attached hydrogen (secondary N) is 1. The van der Waals surface area contributed by atoms with Crippen LogP contribution in [0.5, 0.6) is 0 Å². The molecule has 30 heavy (non-hydrogen) atoms. The fourth-order valence-electron chi connectivity index (χ4n) is 4.69. The van der Waals surface area contributed by atoms with Gasteiger partial charge in [-0.05, 0) is 34.4 Å². The Morgan fingerprint density at radius 2 is 1.50 bits per heavy atom. The van der Waals surface area contributed by atoms with E-state index in [4.69, 9.17) is 0 Å². The van der Waals surface area contributed by atoms with Crippen LogP contribution in [0.15, 0.2) is 91.0 Å². The van der Waals surface area contributed by atoms with E-state index in [-0.39, 0.29) is 5.91 Å². The molecule has 0 aliphatic carbocycles. The molecular weight excluding hydrogens is 368 g/mol. The average Bonchev–Trinajstić information content (AvgIpc) is 3.32. The summed E-state index contributed by atoms with van der Waals surface area (Å²) in [5.74, 6) is 0.112. The Kier molecular flexibility index (Phi) is 3.75. The smallest absolute Gasteiger partial charge is 0.255 e. The topological polar surface area (TPSA) is 36.1 Å². The highest BCUT2D eigenvalue weighted by Crippen LogP contribution is 2.41. The van der Waals surface area contributed by atoms with Crippen molar-refractivity contribution >= 4 is 27.7 Å². The minimum absolute atomic E-state index is 0.112. The number of aromatic nitrogens is 1. The van der Waals surface area contributed by atoms with Gasteiger partial charge in [0.25, 0.3) is 5.91 Å². The summed E-state index contributed by atoms with van der Waals surface area (Å²) in [4.78, 5) is 19.2. The van der Waals surface area contributed by atoms with Gasteiger partial charge in [0.1, 0.15) is 0 Å². The van der Waals surface area contributed by atoms with Crippen LogP contribution < -0.4 is 0 Å². The lowest BCUT2D eigenvalue weighted by molar-refractivity contribution is 0.0768.